The van der Waals surface area contributed by atoms with Crippen LogP contribution in [0.15, 0.2) is 36.5 Å². The molecule has 2 aromatic heterocycles. The van der Waals surface area contributed by atoms with E-state index in [2.05, 4.69) is 39.8 Å². The molecule has 2 aliphatic heterocycles. The van der Waals surface area contributed by atoms with E-state index in [4.69, 9.17) is 0 Å². The second-order valence-electron chi connectivity index (χ2n) is 9.62. The molecule has 2 aliphatic rings. The fourth-order valence-corrected chi connectivity index (χ4v) is 5.48. The number of nitrogens with zero attached hydrogens (tertiary/aromatic N) is 4. The molecule has 3 aromatic rings. The van der Waals surface area contributed by atoms with Gasteiger partial charge in [0.1, 0.15) is 17.1 Å². The summed E-state index contributed by atoms with van der Waals surface area (Å²) in [4.78, 5) is 0.120. The highest BCUT2D eigenvalue weighted by molar-refractivity contribution is 5.82. The van der Waals surface area contributed by atoms with Crippen LogP contribution in [-0.2, 0) is 0 Å². The summed E-state index contributed by atoms with van der Waals surface area (Å²) in [5.74, 6) is -0.143. The van der Waals surface area contributed by atoms with E-state index in [0.717, 1.165) is 31.9 Å². The molecule has 2 saturated heterocycles. The van der Waals surface area contributed by atoms with E-state index >= 15 is 0 Å². The van der Waals surface area contributed by atoms with Gasteiger partial charge in [0.2, 0.25) is 0 Å². The summed E-state index contributed by atoms with van der Waals surface area (Å²) in [7, 11) is 0. The molecule has 9 heteroatoms. The number of halogens is 2. The minimum absolute atomic E-state index is 0.0354. The van der Waals surface area contributed by atoms with E-state index < -0.39 is 5.82 Å². The highest BCUT2D eigenvalue weighted by Gasteiger charge is 2.48. The van der Waals surface area contributed by atoms with Gasteiger partial charge in [-0.1, -0.05) is 22.7 Å². The van der Waals surface area contributed by atoms with Gasteiger partial charge >= 0.3 is 0 Å². The van der Waals surface area contributed by atoms with Gasteiger partial charge in [0.05, 0.1) is 6.20 Å². The summed E-state index contributed by atoms with van der Waals surface area (Å²) >= 11 is 0. The number of phenols is 1. The summed E-state index contributed by atoms with van der Waals surface area (Å²) in [5, 5.41) is 28.8. The topological polar surface area (TPSA) is 87.9 Å². The number of fused-ring (bicyclic) bond motifs is 2. The summed E-state index contributed by atoms with van der Waals surface area (Å²) in [5.41, 5.74) is 1.13. The average molecular weight is 440 g/mol. The first-order valence-electron chi connectivity index (χ1n) is 10.8. The quantitative estimate of drug-likeness (QED) is 0.548. The van der Waals surface area contributed by atoms with E-state index in [1.54, 1.807) is 18.2 Å². The average Bonchev–Trinajstić information content (AvgIpc) is 3.23. The van der Waals surface area contributed by atoms with Crippen LogP contribution in [0.3, 0.4) is 0 Å². The molecule has 2 bridgehead atoms. The van der Waals surface area contributed by atoms with Crippen LogP contribution in [0.25, 0.3) is 22.5 Å². The van der Waals surface area contributed by atoms with E-state index in [1.165, 1.54) is 12.1 Å². The van der Waals surface area contributed by atoms with Crippen LogP contribution in [-0.4, -0.2) is 42.9 Å². The van der Waals surface area contributed by atoms with Crippen LogP contribution in [0.1, 0.15) is 39.5 Å². The predicted molar refractivity (Wildman–Crippen MR) is 117 cm³/mol. The standard InChI is InChI=1S/C23H26F2N6O/c1-22-7-8-23(2,30-22)11-14(10-22)12-26-21-17(24)9-18(27-28-21)20-16(13-31(25)29-20)15-5-3-4-6-19(15)32/h3-6,9,13-14,30,32H,7-8,10-12H2,1-2H3,(H,26,28). The van der Waals surface area contributed by atoms with Gasteiger partial charge in [-0.15, -0.1) is 20.2 Å². The maximum Gasteiger partial charge on any atom is 0.184 e. The Morgan fingerprint density at radius 3 is 2.56 bits per heavy atom. The fraction of sp³-hybridized carbons (Fsp3) is 0.435. The zero-order valence-corrected chi connectivity index (χ0v) is 18.1. The van der Waals surface area contributed by atoms with Gasteiger partial charge in [-0.25, -0.2) is 4.39 Å². The minimum atomic E-state index is -0.582. The molecule has 0 amide bonds. The van der Waals surface area contributed by atoms with Crippen molar-refractivity contribution in [1.29, 1.82) is 0 Å². The molecule has 0 saturated carbocycles. The smallest absolute Gasteiger partial charge is 0.184 e. The number of aromatic nitrogens is 4. The molecule has 3 N–H and O–H groups in total. The Kier molecular flexibility index (Phi) is 4.88. The van der Waals surface area contributed by atoms with Crippen LogP contribution in [0.2, 0.25) is 0 Å². The Balaban J connectivity index is 1.35. The monoisotopic (exact) mass is 440 g/mol. The van der Waals surface area contributed by atoms with Crippen molar-refractivity contribution in [2.45, 2.75) is 50.6 Å². The molecule has 0 aliphatic carbocycles. The first-order chi connectivity index (χ1) is 15.2. The van der Waals surface area contributed by atoms with Crippen molar-refractivity contribution in [2.24, 2.45) is 5.92 Å². The predicted octanol–water partition coefficient (Wildman–Crippen LogP) is 4.31. The molecule has 2 fully saturated rings. The van der Waals surface area contributed by atoms with Crippen molar-refractivity contribution in [3.8, 4) is 28.3 Å². The van der Waals surface area contributed by atoms with Crippen molar-refractivity contribution in [1.82, 2.24) is 25.5 Å². The largest absolute Gasteiger partial charge is 0.507 e. The maximum absolute atomic E-state index is 14.9. The summed E-state index contributed by atoms with van der Waals surface area (Å²) < 4.78 is 28.8. The number of aromatic hydroxyl groups is 1. The van der Waals surface area contributed by atoms with E-state index in [9.17, 15) is 14.0 Å². The fourth-order valence-electron chi connectivity index (χ4n) is 5.48. The third-order valence-electron chi connectivity index (χ3n) is 6.74. The third kappa shape index (κ3) is 3.81. The van der Waals surface area contributed by atoms with Crippen molar-refractivity contribution in [3.63, 3.8) is 0 Å². The number of para-hydroxylation sites is 1. The van der Waals surface area contributed by atoms with E-state index in [1.807, 2.05) is 0 Å². The molecule has 7 nitrogen and oxygen atoms in total. The molecule has 2 unspecified atom stereocenters. The van der Waals surface area contributed by atoms with Crippen molar-refractivity contribution in [3.05, 3.63) is 42.3 Å². The van der Waals surface area contributed by atoms with Crippen LogP contribution in [0, 0.1) is 11.7 Å². The molecule has 168 valence electrons. The number of rotatable bonds is 5. The molecule has 5 rings (SSSR count). The zero-order valence-electron chi connectivity index (χ0n) is 18.1. The molecule has 32 heavy (non-hydrogen) atoms. The second-order valence-corrected chi connectivity index (χ2v) is 9.62. The number of piperidine rings is 1. The van der Waals surface area contributed by atoms with Gasteiger partial charge in [0.15, 0.2) is 11.6 Å². The van der Waals surface area contributed by atoms with E-state index in [0.29, 0.717) is 23.6 Å². The Morgan fingerprint density at radius 2 is 1.88 bits per heavy atom. The number of phenolic OH excluding ortho intramolecular Hbond substituents is 1. The Bertz CT molecular complexity index is 1150. The molecule has 0 radical (unpaired) electrons. The molecular formula is C23H26F2N6O. The van der Waals surface area contributed by atoms with Gasteiger partial charge < -0.3 is 15.7 Å². The number of hydrogen-bond donors (Lipinski definition) is 3. The normalized spacial score (nSPS) is 26.9. The molecule has 4 heterocycles. The lowest BCUT2D eigenvalue weighted by molar-refractivity contribution is 0.178. The van der Waals surface area contributed by atoms with Crippen molar-refractivity contribution >= 4 is 5.82 Å². The minimum Gasteiger partial charge on any atom is -0.507 e. The Hall–Kier alpha value is -3.07. The summed E-state index contributed by atoms with van der Waals surface area (Å²) in [6, 6.07) is 7.68. The lowest BCUT2D eigenvalue weighted by atomic mass is 9.80. The zero-order chi connectivity index (χ0) is 22.5. The van der Waals surface area contributed by atoms with Crippen molar-refractivity contribution in [2.75, 3.05) is 11.9 Å². The number of benzene rings is 1. The van der Waals surface area contributed by atoms with Gasteiger partial charge in [-0.05, 0) is 51.5 Å². The van der Waals surface area contributed by atoms with Crippen LogP contribution in [0.4, 0.5) is 14.7 Å². The van der Waals surface area contributed by atoms with Crippen LogP contribution >= 0.6 is 0 Å². The first-order valence-corrected chi connectivity index (χ1v) is 10.8. The lowest BCUT2D eigenvalue weighted by Crippen LogP contribution is -2.54. The number of hydrogen-bond acceptors (Lipinski definition) is 6. The lowest BCUT2D eigenvalue weighted by Gasteiger charge is -2.42. The maximum atomic E-state index is 14.9. The summed E-state index contributed by atoms with van der Waals surface area (Å²) in [6.07, 6.45) is 5.48. The van der Waals surface area contributed by atoms with Crippen molar-refractivity contribution < 1.29 is 14.0 Å². The molecule has 0 spiro atoms. The Morgan fingerprint density at radius 1 is 1.16 bits per heavy atom. The molecule has 1 aromatic carbocycles. The van der Waals surface area contributed by atoms with Gasteiger partial charge in [-0.2, -0.15) is 0 Å². The second kappa shape index (κ2) is 7.51. The van der Waals surface area contributed by atoms with Gasteiger partial charge in [0, 0.05) is 34.8 Å². The SMILES string of the molecule is CC12CCC(C)(CC(CNc3nnc(-c4nn(F)cc4-c4ccccc4O)cc3F)C1)N2. The molecule has 2 atom stereocenters. The molecular weight excluding hydrogens is 414 g/mol. The summed E-state index contributed by atoms with van der Waals surface area (Å²) in [6.45, 7) is 5.12. The van der Waals surface area contributed by atoms with E-state index in [-0.39, 0.29) is 38.9 Å². The first kappa shape index (κ1) is 20.8. The number of nitrogens with one attached hydrogen (secondary N) is 2. The third-order valence-corrected chi connectivity index (χ3v) is 6.74. The Labute approximate surface area is 184 Å². The van der Waals surface area contributed by atoms with Crippen LogP contribution in [0.5, 0.6) is 5.75 Å². The van der Waals surface area contributed by atoms with Crippen LogP contribution < -0.4 is 10.6 Å². The highest BCUT2D eigenvalue weighted by atomic mass is 19.2. The highest BCUT2D eigenvalue weighted by Crippen LogP contribution is 2.44. The number of anilines is 1. The van der Waals surface area contributed by atoms with Gasteiger partial charge in [-0.3, -0.25) is 0 Å². The van der Waals surface area contributed by atoms with Gasteiger partial charge in [0.25, 0.3) is 0 Å².